The van der Waals surface area contributed by atoms with Crippen LogP contribution in [0.15, 0.2) is 61.2 Å². The number of pyridine rings is 1. The van der Waals surface area contributed by atoms with Crippen LogP contribution in [0.4, 0.5) is 5.69 Å². The fraction of sp³-hybridized carbons (Fsp3) is 0.304. The lowest BCUT2D eigenvalue weighted by molar-refractivity contribution is -0.121. The van der Waals surface area contributed by atoms with Crippen molar-refractivity contribution in [1.82, 2.24) is 19.9 Å². The van der Waals surface area contributed by atoms with Crippen LogP contribution in [0.2, 0.25) is 0 Å². The fourth-order valence-electron chi connectivity index (χ4n) is 3.60. The van der Waals surface area contributed by atoms with Crippen LogP contribution >= 0.6 is 0 Å². The van der Waals surface area contributed by atoms with E-state index in [9.17, 15) is 4.79 Å². The van der Waals surface area contributed by atoms with Gasteiger partial charge in [-0.15, -0.1) is 0 Å². The van der Waals surface area contributed by atoms with Crippen LogP contribution in [0.25, 0.3) is 0 Å². The first-order valence-electron chi connectivity index (χ1n) is 10.1. The number of benzene rings is 1. The number of carbonyl (C=O) groups excluding carboxylic acids is 1. The van der Waals surface area contributed by atoms with Crippen LogP contribution in [0.5, 0.6) is 11.5 Å². The second-order valence-electron chi connectivity index (χ2n) is 7.49. The molecule has 1 saturated heterocycles. The molecular weight excluding hydrogens is 378 g/mol. The molecule has 1 amide bonds. The minimum Gasteiger partial charge on any atom is -0.454 e. The number of hydrogen-bond acceptors (Lipinski definition) is 6. The van der Waals surface area contributed by atoms with Gasteiger partial charge >= 0.3 is 0 Å². The maximum absolute atomic E-state index is 13.0. The zero-order valence-corrected chi connectivity index (χ0v) is 17.0. The molecule has 0 spiro atoms. The summed E-state index contributed by atoms with van der Waals surface area (Å²) >= 11 is 0. The first-order chi connectivity index (χ1) is 14.7. The molecule has 2 aromatic heterocycles. The maximum atomic E-state index is 13.0. The highest BCUT2D eigenvalue weighted by atomic mass is 16.5. The number of para-hydroxylation sites is 2. The van der Waals surface area contributed by atoms with Crippen LogP contribution in [0.1, 0.15) is 24.2 Å². The van der Waals surface area contributed by atoms with Gasteiger partial charge in [-0.1, -0.05) is 12.1 Å². The van der Waals surface area contributed by atoms with E-state index < -0.39 is 0 Å². The van der Waals surface area contributed by atoms with E-state index in [2.05, 4.69) is 25.2 Å². The van der Waals surface area contributed by atoms with Crippen molar-refractivity contribution >= 4 is 11.6 Å². The molecule has 1 aliphatic heterocycles. The van der Waals surface area contributed by atoms with Gasteiger partial charge in [-0.2, -0.15) is 0 Å². The molecule has 3 aromatic rings. The summed E-state index contributed by atoms with van der Waals surface area (Å²) in [5.74, 6) is 1.94. The first-order valence-corrected chi connectivity index (χ1v) is 10.1. The summed E-state index contributed by atoms with van der Waals surface area (Å²) in [5.41, 5.74) is 1.73. The van der Waals surface area contributed by atoms with Crippen molar-refractivity contribution in [2.45, 2.75) is 26.3 Å². The Morgan fingerprint density at radius 2 is 2.00 bits per heavy atom. The van der Waals surface area contributed by atoms with Crippen LogP contribution in [0.3, 0.4) is 0 Å². The zero-order valence-electron chi connectivity index (χ0n) is 17.0. The van der Waals surface area contributed by atoms with E-state index in [1.165, 1.54) is 0 Å². The average molecular weight is 403 g/mol. The van der Waals surface area contributed by atoms with Crippen LogP contribution < -0.4 is 10.1 Å². The Morgan fingerprint density at radius 1 is 1.17 bits per heavy atom. The van der Waals surface area contributed by atoms with E-state index in [0.717, 1.165) is 37.3 Å². The number of carbonyl (C=O) groups is 1. The van der Waals surface area contributed by atoms with Crippen molar-refractivity contribution in [2.24, 2.45) is 5.92 Å². The Hall–Kier alpha value is -3.32. The number of anilines is 1. The Morgan fingerprint density at radius 3 is 2.80 bits per heavy atom. The number of amides is 1. The smallest absolute Gasteiger partial charge is 0.228 e. The minimum absolute atomic E-state index is 0.0158. The molecule has 1 unspecified atom stereocenters. The summed E-state index contributed by atoms with van der Waals surface area (Å²) in [6.07, 6.45) is 8.91. The molecule has 0 radical (unpaired) electrons. The number of aromatic nitrogens is 3. The Labute approximate surface area is 176 Å². The lowest BCUT2D eigenvalue weighted by atomic mass is 9.96. The van der Waals surface area contributed by atoms with Gasteiger partial charge in [-0.05, 0) is 50.6 Å². The van der Waals surface area contributed by atoms with Gasteiger partial charge in [-0.25, -0.2) is 9.97 Å². The molecule has 7 nitrogen and oxygen atoms in total. The molecule has 0 bridgehead atoms. The third kappa shape index (κ3) is 5.18. The molecule has 1 aromatic carbocycles. The van der Waals surface area contributed by atoms with Crippen LogP contribution in [0, 0.1) is 12.8 Å². The molecule has 3 heterocycles. The number of ether oxygens (including phenoxy) is 1. The molecule has 1 fully saturated rings. The molecule has 30 heavy (non-hydrogen) atoms. The van der Waals surface area contributed by atoms with E-state index in [0.29, 0.717) is 23.7 Å². The van der Waals surface area contributed by atoms with Crippen molar-refractivity contribution < 1.29 is 9.53 Å². The summed E-state index contributed by atoms with van der Waals surface area (Å²) in [5, 5.41) is 3.06. The molecular formula is C23H25N5O2. The van der Waals surface area contributed by atoms with E-state index in [-0.39, 0.29) is 11.8 Å². The number of aryl methyl sites for hydroxylation is 1. The predicted octanol–water partition coefficient (Wildman–Crippen LogP) is 3.82. The lowest BCUT2D eigenvalue weighted by Crippen LogP contribution is -2.40. The zero-order chi connectivity index (χ0) is 20.8. The molecule has 0 aliphatic carbocycles. The molecule has 1 atom stereocenters. The lowest BCUT2D eigenvalue weighted by Gasteiger charge is -2.32. The Bertz CT molecular complexity index is 978. The fourth-order valence-corrected chi connectivity index (χ4v) is 3.60. The van der Waals surface area contributed by atoms with Gasteiger partial charge in [0.25, 0.3) is 0 Å². The van der Waals surface area contributed by atoms with Gasteiger partial charge in [-0.3, -0.25) is 14.7 Å². The first kappa shape index (κ1) is 20.0. The van der Waals surface area contributed by atoms with Gasteiger partial charge in [0.05, 0.1) is 17.8 Å². The van der Waals surface area contributed by atoms with Crippen molar-refractivity contribution in [3.05, 3.63) is 72.6 Å². The van der Waals surface area contributed by atoms with E-state index >= 15 is 0 Å². The monoisotopic (exact) mass is 403 g/mol. The quantitative estimate of drug-likeness (QED) is 0.674. The highest BCUT2D eigenvalue weighted by Crippen LogP contribution is 2.30. The standard InChI is InChI=1S/C23H25N5O2/c1-17-25-12-18(13-26-17)15-28-11-5-6-19(16-28)23(29)27-21-8-2-3-9-22(21)30-20-7-4-10-24-14-20/h2-4,7-10,12-14,19H,5-6,11,15-16H2,1H3,(H,27,29). The van der Waals surface area contributed by atoms with Gasteiger partial charge in [0, 0.05) is 37.2 Å². The van der Waals surface area contributed by atoms with Gasteiger partial charge in [0.2, 0.25) is 5.91 Å². The summed E-state index contributed by atoms with van der Waals surface area (Å²) in [6.45, 7) is 4.31. The largest absolute Gasteiger partial charge is 0.454 e. The van der Waals surface area contributed by atoms with Gasteiger partial charge in [0.15, 0.2) is 5.75 Å². The van der Waals surface area contributed by atoms with Crippen molar-refractivity contribution in [2.75, 3.05) is 18.4 Å². The molecule has 1 aliphatic rings. The topological polar surface area (TPSA) is 80.2 Å². The summed E-state index contributed by atoms with van der Waals surface area (Å²) in [7, 11) is 0. The van der Waals surface area contributed by atoms with Crippen LogP contribution in [-0.2, 0) is 11.3 Å². The summed E-state index contributed by atoms with van der Waals surface area (Å²) in [6, 6.07) is 11.1. The normalized spacial score (nSPS) is 16.8. The van der Waals surface area contributed by atoms with Crippen LogP contribution in [-0.4, -0.2) is 38.8 Å². The highest BCUT2D eigenvalue weighted by molar-refractivity contribution is 5.94. The molecule has 4 rings (SSSR count). The second kappa shape index (κ2) is 9.45. The van der Waals surface area contributed by atoms with Gasteiger partial charge in [0.1, 0.15) is 11.6 Å². The summed E-state index contributed by atoms with van der Waals surface area (Å²) < 4.78 is 5.91. The third-order valence-corrected chi connectivity index (χ3v) is 5.12. The van der Waals surface area contributed by atoms with Gasteiger partial charge < -0.3 is 10.1 Å². The third-order valence-electron chi connectivity index (χ3n) is 5.12. The van der Waals surface area contributed by atoms with Crippen molar-refractivity contribution in [3.63, 3.8) is 0 Å². The average Bonchev–Trinajstić information content (AvgIpc) is 2.78. The number of rotatable bonds is 6. The number of piperidine rings is 1. The highest BCUT2D eigenvalue weighted by Gasteiger charge is 2.26. The number of likely N-dealkylation sites (tertiary alicyclic amines) is 1. The van der Waals surface area contributed by atoms with Crippen molar-refractivity contribution in [3.8, 4) is 11.5 Å². The Kier molecular flexibility index (Phi) is 6.29. The molecule has 154 valence electrons. The SMILES string of the molecule is Cc1ncc(CN2CCCC(C(=O)Nc3ccccc3Oc3cccnc3)C2)cn1. The van der Waals surface area contributed by atoms with E-state index in [4.69, 9.17) is 4.74 Å². The predicted molar refractivity (Wildman–Crippen MR) is 114 cm³/mol. The van der Waals surface area contributed by atoms with E-state index in [1.54, 1.807) is 12.4 Å². The molecule has 1 N–H and O–H groups in total. The number of nitrogens with zero attached hydrogens (tertiary/aromatic N) is 4. The van der Waals surface area contributed by atoms with E-state index in [1.807, 2.05) is 55.7 Å². The van der Waals surface area contributed by atoms with Crippen molar-refractivity contribution in [1.29, 1.82) is 0 Å². The number of nitrogens with one attached hydrogen (secondary N) is 1. The Balaban J connectivity index is 1.39. The summed E-state index contributed by atoms with van der Waals surface area (Å²) in [4.78, 5) is 27.9. The molecule has 7 heteroatoms. The maximum Gasteiger partial charge on any atom is 0.228 e. The second-order valence-corrected chi connectivity index (χ2v) is 7.49. The minimum atomic E-state index is -0.0726. The number of hydrogen-bond donors (Lipinski definition) is 1. The molecule has 0 saturated carbocycles.